The molecule has 1 aliphatic heterocycles. The summed E-state index contributed by atoms with van der Waals surface area (Å²) in [4.78, 5) is 2.40. The van der Waals surface area contributed by atoms with Gasteiger partial charge in [0.15, 0.2) is 0 Å². The first-order chi connectivity index (χ1) is 22.2. The van der Waals surface area contributed by atoms with Crippen LogP contribution in [0.3, 0.4) is 0 Å². The minimum Gasteiger partial charge on any atom is -0.381 e. The summed E-state index contributed by atoms with van der Waals surface area (Å²) in [6.07, 6.45) is 49.8. The lowest BCUT2D eigenvalue weighted by Gasteiger charge is -2.48. The summed E-state index contributed by atoms with van der Waals surface area (Å²) in [5, 5.41) is 0. The zero-order valence-electron chi connectivity index (χ0n) is 30.6. The van der Waals surface area contributed by atoms with Gasteiger partial charge < -0.3 is 14.4 Å². The lowest BCUT2D eigenvalue weighted by atomic mass is 9.82. The van der Waals surface area contributed by atoms with E-state index in [0.717, 1.165) is 52.4 Å². The maximum atomic E-state index is 6.17. The van der Waals surface area contributed by atoms with Gasteiger partial charge in [-0.15, -0.1) is 0 Å². The maximum absolute atomic E-state index is 6.17. The van der Waals surface area contributed by atoms with Crippen molar-refractivity contribution in [3.8, 4) is 0 Å². The summed E-state index contributed by atoms with van der Waals surface area (Å²) in [7, 11) is 2.21. The summed E-state index contributed by atoms with van der Waals surface area (Å²) in [6.45, 7) is 10.3. The van der Waals surface area contributed by atoms with E-state index < -0.39 is 0 Å². The number of hydrogen-bond acceptors (Lipinski definition) is 3. The standard InChI is InChI=1S/C42H77NO2/c1-4-6-8-10-12-14-16-18-20-22-24-26-28-30-32-34-36-44-40-42(38-43(3)39-42)41-45-37-35-33-31-29-27-25-23-21-19-17-15-13-11-9-7-5-2/h12-15,18-21H,4-11,16-17,22-41H2,1-3H3/b14-12-,15-13-,20-18-,21-19-. The van der Waals surface area contributed by atoms with E-state index in [4.69, 9.17) is 9.47 Å². The molecule has 0 aromatic heterocycles. The second-order valence-electron chi connectivity index (χ2n) is 13.9. The van der Waals surface area contributed by atoms with Crippen LogP contribution >= 0.6 is 0 Å². The van der Waals surface area contributed by atoms with Crippen LogP contribution in [0.1, 0.15) is 168 Å². The summed E-state index contributed by atoms with van der Waals surface area (Å²) < 4.78 is 12.3. The normalized spacial score (nSPS) is 15.4. The van der Waals surface area contributed by atoms with Gasteiger partial charge in [0.2, 0.25) is 0 Å². The molecule has 1 aliphatic rings. The van der Waals surface area contributed by atoms with Gasteiger partial charge in [0.1, 0.15) is 0 Å². The van der Waals surface area contributed by atoms with E-state index in [-0.39, 0.29) is 5.41 Å². The minimum atomic E-state index is 0.228. The summed E-state index contributed by atoms with van der Waals surface area (Å²) in [5.41, 5.74) is 0.228. The summed E-state index contributed by atoms with van der Waals surface area (Å²) >= 11 is 0. The molecule has 0 aromatic rings. The predicted molar refractivity (Wildman–Crippen MR) is 200 cm³/mol. The fourth-order valence-electron chi connectivity index (χ4n) is 6.29. The first-order valence-corrected chi connectivity index (χ1v) is 19.7. The number of likely N-dealkylation sites (tertiary alicyclic amines) is 1. The molecule has 0 aliphatic carbocycles. The highest BCUT2D eigenvalue weighted by Gasteiger charge is 2.41. The molecular weight excluding hydrogens is 550 g/mol. The average molecular weight is 628 g/mol. The molecule has 0 N–H and O–H groups in total. The fourth-order valence-corrected chi connectivity index (χ4v) is 6.29. The third-order valence-electron chi connectivity index (χ3n) is 9.01. The SMILES string of the molecule is CCCCC/C=C\C/C=C\CCCCCCCCOCC1(COCCCCCCCC/C=C\C/C=C\CCCCC)CN(C)C1. The zero-order valence-corrected chi connectivity index (χ0v) is 30.6. The number of ether oxygens (including phenoxy) is 2. The van der Waals surface area contributed by atoms with Gasteiger partial charge in [0.25, 0.3) is 0 Å². The Morgan fingerprint density at radius 2 is 0.778 bits per heavy atom. The molecule has 45 heavy (non-hydrogen) atoms. The molecule has 0 aromatic carbocycles. The molecule has 1 heterocycles. The second kappa shape index (κ2) is 32.8. The number of rotatable bonds is 34. The number of hydrogen-bond donors (Lipinski definition) is 0. The molecule has 1 fully saturated rings. The molecule has 3 heteroatoms. The van der Waals surface area contributed by atoms with Crippen LogP contribution in [0.2, 0.25) is 0 Å². The Hall–Kier alpha value is -1.16. The van der Waals surface area contributed by atoms with E-state index >= 15 is 0 Å². The molecule has 0 radical (unpaired) electrons. The third-order valence-corrected chi connectivity index (χ3v) is 9.01. The molecule has 0 spiro atoms. The monoisotopic (exact) mass is 628 g/mol. The van der Waals surface area contributed by atoms with Gasteiger partial charge in [-0.2, -0.15) is 0 Å². The Kier molecular flexibility index (Phi) is 30.5. The van der Waals surface area contributed by atoms with E-state index in [1.54, 1.807) is 0 Å². The van der Waals surface area contributed by atoms with Crippen LogP contribution < -0.4 is 0 Å². The van der Waals surface area contributed by atoms with E-state index in [2.05, 4.69) is 74.4 Å². The van der Waals surface area contributed by atoms with Gasteiger partial charge in [0, 0.05) is 31.7 Å². The van der Waals surface area contributed by atoms with Crippen molar-refractivity contribution in [1.29, 1.82) is 0 Å². The van der Waals surface area contributed by atoms with Crippen LogP contribution in [-0.4, -0.2) is 51.5 Å². The van der Waals surface area contributed by atoms with E-state index in [0.29, 0.717) is 0 Å². The largest absolute Gasteiger partial charge is 0.381 e. The van der Waals surface area contributed by atoms with E-state index in [1.807, 2.05) is 0 Å². The lowest BCUT2D eigenvalue weighted by Crippen LogP contribution is -2.59. The number of unbranched alkanes of at least 4 members (excludes halogenated alkanes) is 18. The topological polar surface area (TPSA) is 21.7 Å². The van der Waals surface area contributed by atoms with Crippen molar-refractivity contribution < 1.29 is 9.47 Å². The van der Waals surface area contributed by atoms with E-state index in [1.165, 1.54) is 141 Å². The van der Waals surface area contributed by atoms with Crippen molar-refractivity contribution in [1.82, 2.24) is 4.90 Å². The van der Waals surface area contributed by atoms with Crippen LogP contribution in [0.4, 0.5) is 0 Å². The maximum Gasteiger partial charge on any atom is 0.0569 e. The first kappa shape index (κ1) is 41.9. The molecule has 262 valence electrons. The Balaban J connectivity index is 1.89. The highest BCUT2D eigenvalue weighted by atomic mass is 16.5. The highest BCUT2D eigenvalue weighted by molar-refractivity contribution is 4.94. The predicted octanol–water partition coefficient (Wildman–Crippen LogP) is 12.6. The van der Waals surface area contributed by atoms with Crippen molar-refractivity contribution in [2.75, 3.05) is 46.6 Å². The van der Waals surface area contributed by atoms with Crippen LogP contribution in [-0.2, 0) is 9.47 Å². The summed E-state index contributed by atoms with van der Waals surface area (Å²) in [6, 6.07) is 0. The van der Waals surface area contributed by atoms with Crippen LogP contribution in [0, 0.1) is 5.41 Å². The lowest BCUT2D eigenvalue weighted by molar-refractivity contribution is -0.102. The van der Waals surface area contributed by atoms with Gasteiger partial charge in [-0.25, -0.2) is 0 Å². The Morgan fingerprint density at radius 3 is 1.13 bits per heavy atom. The average Bonchev–Trinajstić information content (AvgIpc) is 3.02. The smallest absolute Gasteiger partial charge is 0.0569 e. The molecule has 0 bridgehead atoms. The Morgan fingerprint density at radius 1 is 0.444 bits per heavy atom. The molecule has 0 amide bonds. The zero-order chi connectivity index (χ0) is 32.4. The van der Waals surface area contributed by atoms with Crippen molar-refractivity contribution in [3.63, 3.8) is 0 Å². The van der Waals surface area contributed by atoms with Gasteiger partial charge in [-0.05, 0) is 84.1 Å². The molecule has 0 atom stereocenters. The number of nitrogens with zero attached hydrogens (tertiary/aromatic N) is 1. The number of allylic oxidation sites excluding steroid dienone is 8. The van der Waals surface area contributed by atoms with Crippen LogP contribution in [0.5, 0.6) is 0 Å². The quantitative estimate of drug-likeness (QED) is 0.0523. The molecule has 3 nitrogen and oxygen atoms in total. The Labute approximate surface area is 282 Å². The molecule has 0 saturated carbocycles. The van der Waals surface area contributed by atoms with Crippen molar-refractivity contribution in [3.05, 3.63) is 48.6 Å². The van der Waals surface area contributed by atoms with Crippen molar-refractivity contribution in [2.45, 2.75) is 168 Å². The molecule has 1 rings (SSSR count). The fraction of sp³-hybridized carbons (Fsp3) is 0.810. The van der Waals surface area contributed by atoms with Gasteiger partial charge in [0.05, 0.1) is 13.2 Å². The molecule has 0 unspecified atom stereocenters. The Bertz CT molecular complexity index is 664. The van der Waals surface area contributed by atoms with Crippen molar-refractivity contribution in [2.24, 2.45) is 5.41 Å². The van der Waals surface area contributed by atoms with Gasteiger partial charge >= 0.3 is 0 Å². The highest BCUT2D eigenvalue weighted by Crippen LogP contribution is 2.30. The van der Waals surface area contributed by atoms with Crippen LogP contribution in [0.25, 0.3) is 0 Å². The van der Waals surface area contributed by atoms with Crippen molar-refractivity contribution >= 4 is 0 Å². The molecule has 1 saturated heterocycles. The van der Waals surface area contributed by atoms with Gasteiger partial charge in [-0.1, -0.05) is 140 Å². The van der Waals surface area contributed by atoms with E-state index in [9.17, 15) is 0 Å². The minimum absolute atomic E-state index is 0.228. The third kappa shape index (κ3) is 27.6. The summed E-state index contributed by atoms with van der Waals surface area (Å²) in [5.74, 6) is 0. The van der Waals surface area contributed by atoms with Gasteiger partial charge in [-0.3, -0.25) is 0 Å². The van der Waals surface area contributed by atoms with Crippen LogP contribution in [0.15, 0.2) is 48.6 Å². The molecular formula is C42H77NO2. The first-order valence-electron chi connectivity index (χ1n) is 19.7. The second-order valence-corrected chi connectivity index (χ2v) is 13.9.